The fourth-order valence-corrected chi connectivity index (χ4v) is 5.38. The Kier molecular flexibility index (Phi) is 6.80. The summed E-state index contributed by atoms with van der Waals surface area (Å²) < 4.78 is 22.2. The minimum Gasteiger partial charge on any atom is -0.496 e. The van der Waals surface area contributed by atoms with Crippen molar-refractivity contribution in [1.29, 1.82) is 0 Å². The second kappa shape index (κ2) is 10.2. The summed E-state index contributed by atoms with van der Waals surface area (Å²) in [4.78, 5) is 23.3. The minimum atomic E-state index is -0.0347. The van der Waals surface area contributed by atoms with E-state index in [1.165, 1.54) is 11.3 Å². The highest BCUT2D eigenvalue weighted by Gasteiger charge is 2.24. The molecule has 0 radical (unpaired) electrons. The average molecular weight is 520 g/mol. The molecule has 2 aromatic heterocycles. The second-order valence-corrected chi connectivity index (χ2v) is 9.93. The van der Waals surface area contributed by atoms with Gasteiger partial charge in [-0.2, -0.15) is 0 Å². The highest BCUT2D eigenvalue weighted by molar-refractivity contribution is 7.12. The molecule has 1 aliphatic heterocycles. The lowest BCUT2D eigenvalue weighted by Crippen LogP contribution is -2.31. The highest BCUT2D eigenvalue weighted by Crippen LogP contribution is 2.37. The Balaban J connectivity index is 1.59. The molecule has 0 N–H and O–H groups in total. The number of hydrogen-bond acceptors (Lipinski definition) is 8. The molecular weight excluding hydrogens is 490 g/mol. The highest BCUT2D eigenvalue weighted by atomic mass is 32.1. The maximum atomic E-state index is 13.8. The molecule has 1 aliphatic rings. The van der Waals surface area contributed by atoms with Crippen molar-refractivity contribution in [3.63, 3.8) is 0 Å². The molecule has 0 fully saturated rings. The van der Waals surface area contributed by atoms with Gasteiger partial charge in [0.2, 0.25) is 6.79 Å². The van der Waals surface area contributed by atoms with E-state index in [2.05, 4.69) is 0 Å². The third-order valence-corrected chi connectivity index (χ3v) is 7.35. The van der Waals surface area contributed by atoms with E-state index in [-0.39, 0.29) is 12.7 Å². The first-order valence-corrected chi connectivity index (χ1v) is 12.7. The van der Waals surface area contributed by atoms with Crippen LogP contribution in [0.1, 0.15) is 26.4 Å². The number of aryl methyl sites for hydroxylation is 1. The van der Waals surface area contributed by atoms with Crippen molar-refractivity contribution in [1.82, 2.24) is 9.88 Å². The molecular formula is C28H29N3O5S. The van der Waals surface area contributed by atoms with E-state index in [1.807, 2.05) is 78.7 Å². The molecule has 192 valence electrons. The van der Waals surface area contributed by atoms with Gasteiger partial charge in [-0.25, -0.2) is 4.98 Å². The molecule has 0 spiro atoms. The smallest absolute Gasteiger partial charge is 0.264 e. The minimum absolute atomic E-state index is 0.0347. The number of benzene rings is 2. The number of pyridine rings is 1. The van der Waals surface area contributed by atoms with Gasteiger partial charge in [-0.1, -0.05) is 6.07 Å². The van der Waals surface area contributed by atoms with Crippen LogP contribution in [0.25, 0.3) is 10.9 Å². The van der Waals surface area contributed by atoms with Crippen molar-refractivity contribution in [3.8, 4) is 23.0 Å². The molecule has 1 amide bonds. The Morgan fingerprint density at radius 1 is 1.00 bits per heavy atom. The third-order valence-electron chi connectivity index (χ3n) is 6.34. The number of ether oxygens (including phenoxy) is 4. The Morgan fingerprint density at radius 2 is 1.76 bits per heavy atom. The Bertz CT molecular complexity index is 1470. The van der Waals surface area contributed by atoms with Crippen LogP contribution in [0.15, 0.2) is 47.8 Å². The maximum Gasteiger partial charge on any atom is 0.264 e. The summed E-state index contributed by atoms with van der Waals surface area (Å²) in [6, 6.07) is 13.5. The van der Waals surface area contributed by atoms with Crippen LogP contribution in [-0.2, 0) is 13.1 Å². The van der Waals surface area contributed by atoms with Gasteiger partial charge in [-0.3, -0.25) is 4.79 Å². The lowest BCUT2D eigenvalue weighted by molar-refractivity contribution is 0.0734. The quantitative estimate of drug-likeness (QED) is 0.314. The molecule has 37 heavy (non-hydrogen) atoms. The van der Waals surface area contributed by atoms with Gasteiger partial charge in [-0.05, 0) is 59.8 Å². The van der Waals surface area contributed by atoms with Crippen molar-refractivity contribution in [2.75, 3.05) is 40.0 Å². The molecule has 4 aromatic rings. The summed E-state index contributed by atoms with van der Waals surface area (Å²) in [6.45, 7) is 2.91. The lowest BCUT2D eigenvalue weighted by atomic mass is 10.1. The van der Waals surface area contributed by atoms with E-state index < -0.39 is 0 Å². The number of hydrogen-bond donors (Lipinski definition) is 0. The molecule has 5 rings (SSSR count). The summed E-state index contributed by atoms with van der Waals surface area (Å²) in [5, 5.41) is 2.77. The van der Waals surface area contributed by atoms with Crippen LogP contribution in [0.2, 0.25) is 0 Å². The molecule has 0 bridgehead atoms. The number of anilines is 1. The fraction of sp³-hybridized carbons (Fsp3) is 0.286. The van der Waals surface area contributed by atoms with Gasteiger partial charge >= 0.3 is 0 Å². The monoisotopic (exact) mass is 519 g/mol. The number of methoxy groups -OCH3 is 2. The van der Waals surface area contributed by atoms with E-state index in [1.54, 1.807) is 14.2 Å². The van der Waals surface area contributed by atoms with Crippen LogP contribution in [0.4, 0.5) is 5.82 Å². The van der Waals surface area contributed by atoms with Gasteiger partial charge in [0.1, 0.15) is 22.8 Å². The van der Waals surface area contributed by atoms with Crippen molar-refractivity contribution in [2.24, 2.45) is 0 Å². The standard InChI is InChI=1S/C28H29N3O5S/c1-17-10-11-37-26(17)28(32)31(14-18-6-7-22-24(12-18)36-16-35-22)15-19-13-20-21(33-4)8-9-23(34-5)25(20)29-27(19)30(2)3/h6-13H,14-16H2,1-5H3. The van der Waals surface area contributed by atoms with Crippen LogP contribution < -0.4 is 23.8 Å². The molecule has 0 atom stereocenters. The first-order chi connectivity index (χ1) is 17.9. The van der Waals surface area contributed by atoms with E-state index in [0.717, 1.165) is 32.8 Å². The normalized spacial score (nSPS) is 12.0. The zero-order valence-electron chi connectivity index (χ0n) is 21.5. The van der Waals surface area contributed by atoms with Gasteiger partial charge < -0.3 is 28.7 Å². The van der Waals surface area contributed by atoms with Gasteiger partial charge in [0.15, 0.2) is 11.5 Å². The summed E-state index contributed by atoms with van der Waals surface area (Å²) in [5.74, 6) is 3.48. The van der Waals surface area contributed by atoms with Crippen molar-refractivity contribution in [2.45, 2.75) is 20.0 Å². The number of rotatable bonds is 8. The van der Waals surface area contributed by atoms with E-state index in [4.69, 9.17) is 23.9 Å². The molecule has 8 nitrogen and oxygen atoms in total. The van der Waals surface area contributed by atoms with E-state index in [9.17, 15) is 4.79 Å². The number of thiophene rings is 1. The SMILES string of the molecule is COc1ccc(OC)c2nc(N(C)C)c(CN(Cc3ccc4c(c3)OCO4)C(=O)c3sccc3C)cc12. The Morgan fingerprint density at radius 3 is 2.46 bits per heavy atom. The molecule has 0 saturated carbocycles. The number of amides is 1. The second-order valence-electron chi connectivity index (χ2n) is 9.01. The first-order valence-electron chi connectivity index (χ1n) is 11.8. The predicted octanol–water partition coefficient (Wildman–Crippen LogP) is 5.26. The lowest BCUT2D eigenvalue weighted by Gasteiger charge is -2.26. The van der Waals surface area contributed by atoms with Gasteiger partial charge in [-0.15, -0.1) is 11.3 Å². The van der Waals surface area contributed by atoms with Gasteiger partial charge in [0, 0.05) is 31.6 Å². The first kappa shape index (κ1) is 24.7. The zero-order valence-corrected chi connectivity index (χ0v) is 22.3. The predicted molar refractivity (Wildman–Crippen MR) is 144 cm³/mol. The molecule has 0 unspecified atom stereocenters. The van der Waals surface area contributed by atoms with Crippen LogP contribution in [-0.4, -0.2) is 50.9 Å². The fourth-order valence-electron chi connectivity index (χ4n) is 4.49. The summed E-state index contributed by atoms with van der Waals surface area (Å²) >= 11 is 1.45. The molecule has 9 heteroatoms. The van der Waals surface area contributed by atoms with Crippen LogP contribution in [0, 0.1) is 6.92 Å². The molecule has 2 aromatic carbocycles. The number of fused-ring (bicyclic) bond motifs is 2. The van der Waals surface area contributed by atoms with Crippen molar-refractivity contribution in [3.05, 3.63) is 69.4 Å². The van der Waals surface area contributed by atoms with Crippen LogP contribution in [0.5, 0.6) is 23.0 Å². The number of nitrogens with zero attached hydrogens (tertiary/aromatic N) is 3. The summed E-state index contributed by atoms with van der Waals surface area (Å²) in [7, 11) is 7.15. The zero-order chi connectivity index (χ0) is 26.1. The van der Waals surface area contributed by atoms with Gasteiger partial charge in [0.25, 0.3) is 5.91 Å². The van der Waals surface area contributed by atoms with Crippen LogP contribution in [0.3, 0.4) is 0 Å². The Hall–Kier alpha value is -3.98. The summed E-state index contributed by atoms with van der Waals surface area (Å²) in [6.07, 6.45) is 0. The topological polar surface area (TPSA) is 73.4 Å². The Labute approximate surface area is 220 Å². The number of carbonyl (C=O) groups excluding carboxylic acids is 1. The largest absolute Gasteiger partial charge is 0.496 e. The van der Waals surface area contributed by atoms with E-state index in [0.29, 0.717) is 41.6 Å². The average Bonchev–Trinajstić information content (AvgIpc) is 3.55. The molecule has 0 saturated heterocycles. The maximum absolute atomic E-state index is 13.8. The number of carbonyl (C=O) groups is 1. The number of aromatic nitrogens is 1. The van der Waals surface area contributed by atoms with Gasteiger partial charge in [0.05, 0.1) is 25.6 Å². The third kappa shape index (κ3) is 4.74. The molecule has 3 heterocycles. The van der Waals surface area contributed by atoms with Crippen LogP contribution >= 0.6 is 11.3 Å². The van der Waals surface area contributed by atoms with Crippen molar-refractivity contribution >= 4 is 34.0 Å². The van der Waals surface area contributed by atoms with E-state index >= 15 is 0 Å². The van der Waals surface area contributed by atoms with Crippen molar-refractivity contribution < 1.29 is 23.7 Å². The summed E-state index contributed by atoms with van der Waals surface area (Å²) in [5.41, 5.74) is 3.51. The molecule has 0 aliphatic carbocycles.